The molecular formula is C46H81NO9P+. The Morgan fingerprint density at radius 2 is 1.14 bits per heavy atom. The third kappa shape index (κ3) is 41.4. The SMILES string of the molecule is CC/C=C\C/C=C\C/C=C\C/C=C\C/C=C\C=C/C(O)CCC(=O)OC[C@H](COP(=O)(O)OCC[N+](C)(C)C)OC(=O)CCCCCCCCCCCCCCC. The lowest BCUT2D eigenvalue weighted by atomic mass is 10.0. The van der Waals surface area contributed by atoms with Crippen molar-refractivity contribution in [3.8, 4) is 0 Å². The summed E-state index contributed by atoms with van der Waals surface area (Å²) in [6, 6.07) is 0. The number of carbonyl (C=O) groups excluding carboxylic acids is 2. The largest absolute Gasteiger partial charge is 0.472 e. The number of rotatable bonds is 38. The second-order valence-electron chi connectivity index (χ2n) is 15.6. The van der Waals surface area contributed by atoms with E-state index in [9.17, 15) is 24.2 Å². The molecule has 0 fully saturated rings. The number of nitrogens with zero attached hydrogens (tertiary/aromatic N) is 1. The molecule has 0 saturated carbocycles. The smallest absolute Gasteiger partial charge is 0.462 e. The van der Waals surface area contributed by atoms with E-state index in [4.69, 9.17) is 18.5 Å². The molecule has 0 aliphatic rings. The molecule has 0 radical (unpaired) electrons. The van der Waals surface area contributed by atoms with E-state index in [0.717, 1.165) is 51.4 Å². The Morgan fingerprint density at radius 1 is 0.632 bits per heavy atom. The minimum absolute atomic E-state index is 0.00633. The Morgan fingerprint density at radius 3 is 1.67 bits per heavy atom. The zero-order valence-electron chi connectivity index (χ0n) is 36.4. The maximum absolute atomic E-state index is 12.7. The number of quaternary nitrogens is 1. The molecule has 10 nitrogen and oxygen atoms in total. The lowest BCUT2D eigenvalue weighted by molar-refractivity contribution is -0.870. The zero-order chi connectivity index (χ0) is 42.3. The van der Waals surface area contributed by atoms with Crippen molar-refractivity contribution < 1.29 is 47.2 Å². The molecular weight excluding hydrogens is 741 g/mol. The summed E-state index contributed by atoms with van der Waals surface area (Å²) in [7, 11) is 1.35. The Kier molecular flexibility index (Phi) is 36.0. The number of likely N-dealkylation sites (N-methyl/N-ethyl adjacent to an activating group) is 1. The minimum atomic E-state index is -4.43. The van der Waals surface area contributed by atoms with Crippen LogP contribution >= 0.6 is 7.82 Å². The van der Waals surface area contributed by atoms with Gasteiger partial charge in [-0.25, -0.2) is 4.57 Å². The van der Waals surface area contributed by atoms with Gasteiger partial charge in [-0.05, 0) is 44.9 Å². The summed E-state index contributed by atoms with van der Waals surface area (Å²) in [6.45, 7) is 4.01. The zero-order valence-corrected chi connectivity index (χ0v) is 37.3. The van der Waals surface area contributed by atoms with Crippen molar-refractivity contribution in [3.05, 3.63) is 72.9 Å². The van der Waals surface area contributed by atoms with E-state index in [1.807, 2.05) is 33.3 Å². The predicted molar refractivity (Wildman–Crippen MR) is 235 cm³/mol. The summed E-state index contributed by atoms with van der Waals surface area (Å²) in [4.78, 5) is 35.3. The molecule has 3 atom stereocenters. The molecule has 0 aromatic rings. The number of esters is 2. The number of hydrogen-bond donors (Lipinski definition) is 2. The van der Waals surface area contributed by atoms with Gasteiger partial charge in [0.2, 0.25) is 0 Å². The van der Waals surface area contributed by atoms with Crippen LogP contribution in [0.5, 0.6) is 0 Å². The van der Waals surface area contributed by atoms with Crippen molar-refractivity contribution in [1.29, 1.82) is 0 Å². The Hall–Kier alpha value is -2.59. The van der Waals surface area contributed by atoms with Crippen LogP contribution in [-0.2, 0) is 32.7 Å². The highest BCUT2D eigenvalue weighted by Crippen LogP contribution is 2.43. The maximum atomic E-state index is 12.7. The Balaban J connectivity index is 4.60. The standard InChI is InChI=1S/C46H80NO9P/c1-6-8-10-12-14-16-18-20-21-22-24-25-27-29-31-33-35-43(48)37-38-45(49)53-41-44(42-55-57(51,52)54-40-39-47(3,4)5)56-46(50)36-34-32-30-28-26-23-19-17-15-13-11-9-7-2/h8,10,14,16,20-21,24-25,29,31,33,35,43-44,48H,6-7,9,11-13,15,17-19,22-23,26-28,30,32,34,36-42H2,1-5H3/p+1/b10-8-,16-14-,21-20-,25-24-,31-29-,35-33-/t43?,44-/m1/s1. The van der Waals surface area contributed by atoms with Gasteiger partial charge in [-0.15, -0.1) is 0 Å². The van der Waals surface area contributed by atoms with Crippen molar-refractivity contribution in [3.63, 3.8) is 0 Å². The van der Waals surface area contributed by atoms with Crippen LogP contribution in [0.1, 0.15) is 149 Å². The van der Waals surface area contributed by atoms with Gasteiger partial charge in [-0.2, -0.15) is 0 Å². The summed E-state index contributed by atoms with van der Waals surface area (Å²) >= 11 is 0. The number of aliphatic hydroxyl groups is 1. The first kappa shape index (κ1) is 54.4. The van der Waals surface area contributed by atoms with Gasteiger partial charge in [0, 0.05) is 12.8 Å². The van der Waals surface area contributed by atoms with Gasteiger partial charge in [0.1, 0.15) is 19.8 Å². The molecule has 0 spiro atoms. The molecule has 11 heteroatoms. The lowest BCUT2D eigenvalue weighted by Crippen LogP contribution is -2.37. The van der Waals surface area contributed by atoms with Gasteiger partial charge in [0.25, 0.3) is 0 Å². The summed E-state index contributed by atoms with van der Waals surface area (Å²) in [5.74, 6) is -1.08. The van der Waals surface area contributed by atoms with E-state index in [2.05, 4.69) is 62.5 Å². The third-order valence-electron chi connectivity index (χ3n) is 8.87. The van der Waals surface area contributed by atoms with Crippen LogP contribution in [0.25, 0.3) is 0 Å². The highest BCUT2D eigenvalue weighted by molar-refractivity contribution is 7.47. The van der Waals surface area contributed by atoms with E-state index in [0.29, 0.717) is 17.4 Å². The first-order chi connectivity index (χ1) is 27.4. The quantitative estimate of drug-likeness (QED) is 0.0156. The van der Waals surface area contributed by atoms with Crippen LogP contribution in [0.15, 0.2) is 72.9 Å². The van der Waals surface area contributed by atoms with Gasteiger partial charge < -0.3 is 24.0 Å². The third-order valence-corrected chi connectivity index (χ3v) is 9.85. The van der Waals surface area contributed by atoms with E-state index in [1.54, 1.807) is 12.2 Å². The van der Waals surface area contributed by atoms with Gasteiger partial charge in [-0.1, -0.05) is 164 Å². The first-order valence-corrected chi connectivity index (χ1v) is 23.3. The number of allylic oxidation sites excluding steroid dienone is 11. The molecule has 57 heavy (non-hydrogen) atoms. The van der Waals surface area contributed by atoms with Crippen molar-refractivity contribution >= 4 is 19.8 Å². The Labute approximate surface area is 347 Å². The fourth-order valence-electron chi connectivity index (χ4n) is 5.42. The second kappa shape index (κ2) is 37.7. The molecule has 0 aromatic heterocycles. The van der Waals surface area contributed by atoms with Crippen molar-refractivity contribution in [1.82, 2.24) is 0 Å². The Bertz CT molecular complexity index is 1220. The number of phosphoric acid groups is 1. The van der Waals surface area contributed by atoms with Crippen molar-refractivity contribution in [2.75, 3.05) is 47.5 Å². The predicted octanol–water partition coefficient (Wildman–Crippen LogP) is 11.2. The molecule has 0 aromatic carbocycles. The van der Waals surface area contributed by atoms with Crippen LogP contribution in [0.3, 0.4) is 0 Å². The molecule has 0 aliphatic carbocycles. The summed E-state index contributed by atoms with van der Waals surface area (Å²) < 4.78 is 34.1. The number of carbonyl (C=O) groups is 2. The van der Waals surface area contributed by atoms with Crippen LogP contribution < -0.4 is 0 Å². The van der Waals surface area contributed by atoms with Gasteiger partial charge >= 0.3 is 19.8 Å². The fraction of sp³-hybridized carbons (Fsp3) is 0.696. The number of aliphatic hydroxyl groups excluding tert-OH is 1. The molecule has 0 saturated heterocycles. The molecule has 0 rings (SSSR count). The average Bonchev–Trinajstić information content (AvgIpc) is 3.16. The highest BCUT2D eigenvalue weighted by Gasteiger charge is 2.27. The van der Waals surface area contributed by atoms with Gasteiger partial charge in [0.05, 0.1) is 33.9 Å². The maximum Gasteiger partial charge on any atom is 0.472 e. The van der Waals surface area contributed by atoms with Crippen molar-refractivity contribution in [2.24, 2.45) is 0 Å². The molecule has 0 heterocycles. The van der Waals surface area contributed by atoms with E-state index < -0.39 is 38.6 Å². The molecule has 2 unspecified atom stereocenters. The molecule has 2 N–H and O–H groups in total. The summed E-state index contributed by atoms with van der Waals surface area (Å²) in [6.07, 6.45) is 42.8. The fourth-order valence-corrected chi connectivity index (χ4v) is 6.16. The topological polar surface area (TPSA) is 129 Å². The van der Waals surface area contributed by atoms with E-state index in [1.165, 1.54) is 57.8 Å². The van der Waals surface area contributed by atoms with Crippen LogP contribution in [-0.4, -0.2) is 86.1 Å². The van der Waals surface area contributed by atoms with Crippen LogP contribution in [0.2, 0.25) is 0 Å². The van der Waals surface area contributed by atoms with E-state index >= 15 is 0 Å². The normalized spacial score (nSPS) is 14.9. The monoisotopic (exact) mass is 823 g/mol. The van der Waals surface area contributed by atoms with Gasteiger partial charge in [0.15, 0.2) is 6.10 Å². The summed E-state index contributed by atoms with van der Waals surface area (Å²) in [5.41, 5.74) is 0. The molecule has 0 amide bonds. The number of unbranched alkanes of at least 4 members (excludes halogenated alkanes) is 12. The molecule has 0 bridgehead atoms. The summed E-state index contributed by atoms with van der Waals surface area (Å²) in [5, 5.41) is 10.3. The highest BCUT2D eigenvalue weighted by atomic mass is 31.2. The molecule has 0 aliphatic heterocycles. The molecule has 328 valence electrons. The lowest BCUT2D eigenvalue weighted by Gasteiger charge is -2.24. The van der Waals surface area contributed by atoms with Crippen LogP contribution in [0.4, 0.5) is 0 Å². The number of hydrogen-bond acceptors (Lipinski definition) is 8. The minimum Gasteiger partial charge on any atom is -0.462 e. The van der Waals surface area contributed by atoms with Gasteiger partial charge in [-0.3, -0.25) is 18.6 Å². The second-order valence-corrected chi connectivity index (χ2v) is 17.0. The number of ether oxygens (including phenoxy) is 2. The van der Waals surface area contributed by atoms with Crippen LogP contribution in [0, 0.1) is 0 Å². The first-order valence-electron chi connectivity index (χ1n) is 21.8. The van der Waals surface area contributed by atoms with Crippen molar-refractivity contribution in [2.45, 2.75) is 161 Å². The van der Waals surface area contributed by atoms with E-state index in [-0.39, 0.29) is 32.5 Å². The average molecular weight is 823 g/mol. The number of phosphoric ester groups is 1.